The van der Waals surface area contributed by atoms with Gasteiger partial charge in [0, 0.05) is 16.6 Å². The number of nitrogens with one attached hydrogen (secondary N) is 1. The lowest BCUT2D eigenvalue weighted by molar-refractivity contribution is 0.587. The van der Waals surface area contributed by atoms with Gasteiger partial charge in [-0.15, -0.1) is 0 Å². The van der Waals surface area contributed by atoms with E-state index >= 15 is 0 Å². The van der Waals surface area contributed by atoms with Crippen molar-refractivity contribution in [3.05, 3.63) is 21.8 Å². The molecule has 1 aliphatic rings. The molecule has 13 heavy (non-hydrogen) atoms. The number of rotatable bonds is 0. The van der Waals surface area contributed by atoms with Crippen LogP contribution in [0.5, 0.6) is 0 Å². The van der Waals surface area contributed by atoms with Crippen molar-refractivity contribution >= 4 is 26.0 Å². The van der Waals surface area contributed by atoms with E-state index in [4.69, 9.17) is 0 Å². The molecule has 2 rings (SSSR count). The smallest absolute Gasteiger partial charge is 0.239 e. The third-order valence-electron chi connectivity index (χ3n) is 1.90. The van der Waals surface area contributed by atoms with Crippen LogP contribution < -0.4 is 4.72 Å². The van der Waals surface area contributed by atoms with Crippen molar-refractivity contribution in [2.24, 2.45) is 0 Å². The van der Waals surface area contributed by atoms with E-state index < -0.39 is 10.0 Å². The number of halogens is 1. The summed E-state index contributed by atoms with van der Waals surface area (Å²) < 4.78 is 25.9. The Hall–Kier alpha value is -0.460. The predicted octanol–water partition coefficient (Wildman–Crippen LogP) is 0.944. The Bertz CT molecular complexity index is 470. The highest BCUT2D eigenvalue weighted by molar-refractivity contribution is 9.10. The van der Waals surface area contributed by atoms with Crippen molar-refractivity contribution in [2.45, 2.75) is 18.5 Å². The summed E-state index contributed by atoms with van der Waals surface area (Å²) >= 11 is 3.30. The van der Waals surface area contributed by atoms with Gasteiger partial charge in [-0.25, -0.2) is 18.1 Å². The molecule has 1 aromatic heterocycles. The molecular formula is C7H7BrN2O2S. The van der Waals surface area contributed by atoms with Crippen LogP contribution in [0.4, 0.5) is 0 Å². The fourth-order valence-electron chi connectivity index (χ4n) is 1.20. The molecule has 0 spiro atoms. The number of hydrogen-bond acceptors (Lipinski definition) is 3. The first-order chi connectivity index (χ1) is 6.00. The summed E-state index contributed by atoms with van der Waals surface area (Å²) in [4.78, 5) is 4.01. The summed E-state index contributed by atoms with van der Waals surface area (Å²) in [7, 11) is -3.33. The highest BCUT2D eigenvalue weighted by atomic mass is 79.9. The van der Waals surface area contributed by atoms with Crippen LogP contribution in [-0.4, -0.2) is 13.4 Å². The normalized spacial score (nSPS) is 18.6. The molecule has 6 heteroatoms. The van der Waals surface area contributed by atoms with Gasteiger partial charge in [0.1, 0.15) is 0 Å². The SMILES string of the molecule is Cc1nc2c(cc1Br)CNS2(=O)=O. The van der Waals surface area contributed by atoms with Gasteiger partial charge in [-0.05, 0) is 28.9 Å². The van der Waals surface area contributed by atoms with Crippen LogP contribution >= 0.6 is 15.9 Å². The van der Waals surface area contributed by atoms with Gasteiger partial charge in [0.25, 0.3) is 10.0 Å². The van der Waals surface area contributed by atoms with Crippen molar-refractivity contribution in [1.29, 1.82) is 0 Å². The summed E-state index contributed by atoms with van der Waals surface area (Å²) in [6, 6.07) is 1.79. The first-order valence-corrected chi connectivity index (χ1v) is 5.94. The van der Waals surface area contributed by atoms with Gasteiger partial charge in [-0.1, -0.05) is 0 Å². The lowest BCUT2D eigenvalue weighted by Crippen LogP contribution is -2.14. The van der Waals surface area contributed by atoms with Gasteiger partial charge < -0.3 is 0 Å². The molecule has 0 unspecified atom stereocenters. The molecule has 4 nitrogen and oxygen atoms in total. The third kappa shape index (κ3) is 1.38. The molecule has 70 valence electrons. The molecule has 1 N–H and O–H groups in total. The Morgan fingerprint density at radius 3 is 3.00 bits per heavy atom. The molecule has 0 saturated heterocycles. The van der Waals surface area contributed by atoms with Gasteiger partial charge in [0.15, 0.2) is 5.03 Å². The highest BCUT2D eigenvalue weighted by Crippen LogP contribution is 2.25. The Labute approximate surface area is 84.6 Å². The monoisotopic (exact) mass is 262 g/mol. The van der Waals surface area contributed by atoms with Gasteiger partial charge in [0.05, 0.1) is 5.69 Å². The summed E-state index contributed by atoms with van der Waals surface area (Å²) in [5, 5.41) is 0.160. The van der Waals surface area contributed by atoms with Crippen molar-refractivity contribution in [3.8, 4) is 0 Å². The van der Waals surface area contributed by atoms with Crippen LogP contribution in [0.3, 0.4) is 0 Å². The average Bonchev–Trinajstić information content (AvgIpc) is 2.31. The fraction of sp³-hybridized carbons (Fsp3) is 0.286. The first-order valence-electron chi connectivity index (χ1n) is 3.66. The average molecular weight is 263 g/mol. The van der Waals surface area contributed by atoms with E-state index in [2.05, 4.69) is 25.6 Å². The number of sulfonamides is 1. The Morgan fingerprint density at radius 1 is 1.62 bits per heavy atom. The molecule has 1 aromatic rings. The molecule has 1 aliphatic heterocycles. The van der Waals surface area contributed by atoms with Crippen LogP contribution in [0.25, 0.3) is 0 Å². The van der Waals surface area contributed by atoms with Crippen LogP contribution in [0.1, 0.15) is 11.3 Å². The van der Waals surface area contributed by atoms with Crippen molar-refractivity contribution in [2.75, 3.05) is 0 Å². The van der Waals surface area contributed by atoms with Crippen molar-refractivity contribution in [1.82, 2.24) is 9.71 Å². The van der Waals surface area contributed by atoms with Crippen LogP contribution in [0.15, 0.2) is 15.6 Å². The van der Waals surface area contributed by atoms with Gasteiger partial charge >= 0.3 is 0 Å². The Morgan fingerprint density at radius 2 is 2.31 bits per heavy atom. The second-order valence-corrected chi connectivity index (χ2v) is 5.38. The molecule has 2 heterocycles. The van der Waals surface area contributed by atoms with Crippen molar-refractivity contribution < 1.29 is 8.42 Å². The standard InChI is InChI=1S/C7H7BrN2O2S/c1-4-6(8)2-5-3-9-13(11,12)7(5)10-4/h2,9H,3H2,1H3. The summed E-state index contributed by atoms with van der Waals surface area (Å²) in [5.74, 6) is 0. The Balaban J connectivity index is 2.75. The number of aryl methyl sites for hydroxylation is 1. The summed E-state index contributed by atoms with van der Waals surface area (Å²) in [6.07, 6.45) is 0. The zero-order valence-electron chi connectivity index (χ0n) is 6.83. The maximum Gasteiger partial charge on any atom is 0.258 e. The molecule has 0 aromatic carbocycles. The highest BCUT2D eigenvalue weighted by Gasteiger charge is 2.27. The number of fused-ring (bicyclic) bond motifs is 1. The molecular weight excluding hydrogens is 256 g/mol. The molecule has 0 amide bonds. The minimum absolute atomic E-state index is 0.160. The van der Waals surface area contributed by atoms with E-state index in [-0.39, 0.29) is 5.03 Å². The van der Waals surface area contributed by atoms with E-state index in [0.29, 0.717) is 12.2 Å². The summed E-state index contributed by atoms with van der Waals surface area (Å²) in [6.45, 7) is 2.10. The molecule has 0 aliphatic carbocycles. The molecule has 0 atom stereocenters. The lowest BCUT2D eigenvalue weighted by atomic mass is 10.2. The second kappa shape index (κ2) is 2.76. The van der Waals surface area contributed by atoms with E-state index in [1.807, 2.05) is 0 Å². The lowest BCUT2D eigenvalue weighted by Gasteiger charge is -2.00. The van der Waals surface area contributed by atoms with E-state index in [1.165, 1.54) is 0 Å². The maximum atomic E-state index is 11.3. The predicted molar refractivity (Wildman–Crippen MR) is 50.7 cm³/mol. The number of pyridine rings is 1. The topological polar surface area (TPSA) is 59.1 Å². The van der Waals surface area contributed by atoms with E-state index in [1.54, 1.807) is 13.0 Å². The zero-order valence-corrected chi connectivity index (χ0v) is 9.24. The fourth-order valence-corrected chi connectivity index (χ4v) is 2.78. The quantitative estimate of drug-likeness (QED) is 0.758. The Kier molecular flexibility index (Phi) is 1.94. The third-order valence-corrected chi connectivity index (χ3v) is 4.09. The van der Waals surface area contributed by atoms with Crippen molar-refractivity contribution in [3.63, 3.8) is 0 Å². The molecule has 0 saturated carbocycles. The largest absolute Gasteiger partial charge is 0.258 e. The number of aromatic nitrogens is 1. The van der Waals surface area contributed by atoms with Crippen LogP contribution in [-0.2, 0) is 16.6 Å². The summed E-state index contributed by atoms with van der Waals surface area (Å²) in [5.41, 5.74) is 1.41. The van der Waals surface area contributed by atoms with Gasteiger partial charge in [0.2, 0.25) is 0 Å². The molecule has 0 fully saturated rings. The van der Waals surface area contributed by atoms with E-state index in [9.17, 15) is 8.42 Å². The molecule has 0 radical (unpaired) electrons. The minimum atomic E-state index is -3.33. The maximum absolute atomic E-state index is 11.3. The second-order valence-electron chi connectivity index (χ2n) is 2.84. The van der Waals surface area contributed by atoms with Gasteiger partial charge in [-0.3, -0.25) is 0 Å². The van der Waals surface area contributed by atoms with Crippen LogP contribution in [0.2, 0.25) is 0 Å². The molecule has 0 bridgehead atoms. The zero-order chi connectivity index (χ0) is 9.64. The van der Waals surface area contributed by atoms with E-state index in [0.717, 1.165) is 10.0 Å². The first kappa shape index (κ1) is 9.11. The number of nitrogens with zero attached hydrogens (tertiary/aromatic N) is 1. The minimum Gasteiger partial charge on any atom is -0.239 e. The van der Waals surface area contributed by atoms with Crippen LogP contribution in [0, 0.1) is 6.92 Å². The van der Waals surface area contributed by atoms with Gasteiger partial charge in [-0.2, -0.15) is 0 Å². The number of hydrogen-bond donors (Lipinski definition) is 1.